The van der Waals surface area contributed by atoms with Crippen LogP contribution in [0.3, 0.4) is 0 Å². The molecule has 1 aromatic carbocycles. The van der Waals surface area contributed by atoms with Crippen molar-refractivity contribution < 1.29 is 18.7 Å². The van der Waals surface area contributed by atoms with Crippen molar-refractivity contribution in [1.29, 1.82) is 0 Å². The molecule has 0 radical (unpaired) electrons. The average molecular weight is 348 g/mol. The first-order chi connectivity index (χ1) is 11.6. The van der Waals surface area contributed by atoms with Crippen molar-refractivity contribution in [2.24, 2.45) is 0 Å². The number of aromatic nitrogens is 2. The highest BCUT2D eigenvalue weighted by molar-refractivity contribution is 6.00. The van der Waals surface area contributed by atoms with Gasteiger partial charge in [0.25, 0.3) is 5.91 Å². The Labute approximate surface area is 145 Å². The van der Waals surface area contributed by atoms with Crippen molar-refractivity contribution in [3.63, 3.8) is 0 Å². The molecule has 0 fully saturated rings. The molecule has 0 aliphatic rings. The number of carbonyl (C=O) groups is 2. The van der Waals surface area contributed by atoms with Crippen LogP contribution in [0.25, 0.3) is 5.69 Å². The van der Waals surface area contributed by atoms with Crippen LogP contribution in [0, 0.1) is 5.82 Å². The van der Waals surface area contributed by atoms with Gasteiger partial charge >= 0.3 is 5.97 Å². The topological polar surface area (TPSA) is 99.2 Å². The number of rotatable bonds is 4. The van der Waals surface area contributed by atoms with Gasteiger partial charge in [0, 0.05) is 0 Å². The van der Waals surface area contributed by atoms with Gasteiger partial charge in [0.2, 0.25) is 0 Å². The Hall–Kier alpha value is -2.90. The van der Waals surface area contributed by atoms with Crippen LogP contribution in [0.2, 0.25) is 0 Å². The first-order valence-electron chi connectivity index (χ1n) is 7.71. The van der Waals surface area contributed by atoms with E-state index in [-0.39, 0.29) is 11.4 Å². The minimum absolute atomic E-state index is 0.0838. The van der Waals surface area contributed by atoms with Gasteiger partial charge in [-0.05, 0) is 52.0 Å². The van der Waals surface area contributed by atoms with Crippen molar-refractivity contribution in [1.82, 2.24) is 15.1 Å². The zero-order valence-electron chi connectivity index (χ0n) is 14.5. The first-order valence-corrected chi connectivity index (χ1v) is 7.71. The molecule has 1 atom stereocenters. The molecule has 7 nitrogen and oxygen atoms in total. The standard InChI is InChI=1S/C17H21FN4O3/c1-10(16(24)25-17(2,3)4)21-15(23)13-9-20-22(14(13)19)12-7-5-11(18)6-8-12/h5-10H,19H2,1-4H3,(H,21,23)/t10-/m0/s1. The van der Waals surface area contributed by atoms with Crippen molar-refractivity contribution >= 4 is 17.7 Å². The molecule has 0 spiro atoms. The molecule has 1 amide bonds. The molecule has 0 unspecified atom stereocenters. The lowest BCUT2D eigenvalue weighted by atomic mass is 10.2. The third-order valence-corrected chi connectivity index (χ3v) is 3.23. The Morgan fingerprint density at radius 2 is 1.88 bits per heavy atom. The fraction of sp³-hybridized carbons (Fsp3) is 0.353. The van der Waals surface area contributed by atoms with E-state index < -0.39 is 29.3 Å². The summed E-state index contributed by atoms with van der Waals surface area (Å²) in [5, 5.41) is 6.57. The molecule has 1 heterocycles. The van der Waals surface area contributed by atoms with Crippen LogP contribution in [0.1, 0.15) is 38.1 Å². The monoisotopic (exact) mass is 348 g/mol. The predicted molar refractivity (Wildman–Crippen MR) is 90.7 cm³/mol. The smallest absolute Gasteiger partial charge is 0.328 e. The molecule has 25 heavy (non-hydrogen) atoms. The number of amides is 1. The fourth-order valence-corrected chi connectivity index (χ4v) is 2.04. The summed E-state index contributed by atoms with van der Waals surface area (Å²) in [6, 6.07) is 4.66. The Morgan fingerprint density at radius 3 is 2.44 bits per heavy atom. The highest BCUT2D eigenvalue weighted by Gasteiger charge is 2.25. The molecule has 0 saturated heterocycles. The number of esters is 1. The number of anilines is 1. The summed E-state index contributed by atoms with van der Waals surface area (Å²) in [5.74, 6) is -1.41. The van der Waals surface area contributed by atoms with Crippen LogP contribution in [-0.4, -0.2) is 33.3 Å². The van der Waals surface area contributed by atoms with Gasteiger partial charge in [-0.15, -0.1) is 0 Å². The van der Waals surface area contributed by atoms with E-state index in [0.29, 0.717) is 5.69 Å². The number of hydrogen-bond acceptors (Lipinski definition) is 5. The van der Waals surface area contributed by atoms with E-state index >= 15 is 0 Å². The van der Waals surface area contributed by atoms with Crippen LogP contribution in [0.5, 0.6) is 0 Å². The summed E-state index contributed by atoms with van der Waals surface area (Å²) < 4.78 is 19.5. The number of nitrogens with zero attached hydrogens (tertiary/aromatic N) is 2. The van der Waals surface area contributed by atoms with Gasteiger partial charge in [0.15, 0.2) is 0 Å². The molecule has 0 saturated carbocycles. The van der Waals surface area contributed by atoms with E-state index in [0.717, 1.165) is 0 Å². The van der Waals surface area contributed by atoms with Crippen LogP contribution in [-0.2, 0) is 9.53 Å². The van der Waals surface area contributed by atoms with E-state index in [1.54, 1.807) is 20.8 Å². The highest BCUT2D eigenvalue weighted by atomic mass is 19.1. The lowest BCUT2D eigenvalue weighted by molar-refractivity contribution is -0.156. The van der Waals surface area contributed by atoms with E-state index in [9.17, 15) is 14.0 Å². The molecule has 0 aliphatic heterocycles. The molecule has 2 aromatic rings. The number of carbonyl (C=O) groups excluding carboxylic acids is 2. The van der Waals surface area contributed by atoms with Crippen LogP contribution >= 0.6 is 0 Å². The SMILES string of the molecule is C[C@H](NC(=O)c1cnn(-c2ccc(F)cc2)c1N)C(=O)OC(C)(C)C. The maximum atomic E-state index is 13.0. The van der Waals surface area contributed by atoms with E-state index in [1.807, 2.05) is 0 Å². The van der Waals surface area contributed by atoms with E-state index in [4.69, 9.17) is 10.5 Å². The number of hydrogen-bond donors (Lipinski definition) is 2. The molecule has 134 valence electrons. The quantitative estimate of drug-likeness (QED) is 0.824. The number of ether oxygens (including phenoxy) is 1. The third-order valence-electron chi connectivity index (χ3n) is 3.23. The van der Waals surface area contributed by atoms with Crippen LogP contribution in [0.15, 0.2) is 30.5 Å². The molecular formula is C17H21FN4O3. The van der Waals surface area contributed by atoms with Crippen molar-refractivity contribution in [3.05, 3.63) is 41.8 Å². The maximum absolute atomic E-state index is 13.0. The summed E-state index contributed by atoms with van der Waals surface area (Å²) in [7, 11) is 0. The van der Waals surface area contributed by atoms with Crippen LogP contribution in [0.4, 0.5) is 10.2 Å². The van der Waals surface area contributed by atoms with E-state index in [2.05, 4.69) is 10.4 Å². The summed E-state index contributed by atoms with van der Waals surface area (Å²) in [6.07, 6.45) is 1.29. The summed E-state index contributed by atoms with van der Waals surface area (Å²) in [4.78, 5) is 24.3. The third kappa shape index (κ3) is 4.56. The molecule has 8 heteroatoms. The number of benzene rings is 1. The zero-order chi connectivity index (χ0) is 18.8. The van der Waals surface area contributed by atoms with Gasteiger partial charge in [0.05, 0.1) is 11.9 Å². The highest BCUT2D eigenvalue weighted by Crippen LogP contribution is 2.18. The fourth-order valence-electron chi connectivity index (χ4n) is 2.04. The molecule has 0 aliphatic carbocycles. The van der Waals surface area contributed by atoms with Gasteiger partial charge in [-0.2, -0.15) is 5.10 Å². The maximum Gasteiger partial charge on any atom is 0.328 e. The van der Waals surface area contributed by atoms with Gasteiger partial charge in [-0.1, -0.05) is 0 Å². The molecule has 0 bridgehead atoms. The van der Waals surface area contributed by atoms with Crippen LogP contribution < -0.4 is 11.1 Å². The lowest BCUT2D eigenvalue weighted by Crippen LogP contribution is -2.42. The summed E-state index contributed by atoms with van der Waals surface area (Å²) in [5.41, 5.74) is 5.93. The predicted octanol–water partition coefficient (Wildman–Crippen LogP) is 2.05. The number of nitrogens with two attached hydrogens (primary N) is 1. The Morgan fingerprint density at radius 1 is 1.28 bits per heavy atom. The second kappa shape index (κ2) is 6.92. The molecular weight excluding hydrogens is 327 g/mol. The van der Waals surface area contributed by atoms with Crippen molar-refractivity contribution in [2.75, 3.05) is 5.73 Å². The lowest BCUT2D eigenvalue weighted by Gasteiger charge is -2.22. The minimum Gasteiger partial charge on any atom is -0.458 e. The number of nitrogens with one attached hydrogen (secondary N) is 1. The van der Waals surface area contributed by atoms with Gasteiger partial charge < -0.3 is 15.8 Å². The normalized spacial score (nSPS) is 12.5. The Balaban J connectivity index is 2.13. The minimum atomic E-state index is -0.847. The zero-order valence-corrected chi connectivity index (χ0v) is 14.5. The average Bonchev–Trinajstić information content (AvgIpc) is 2.88. The second-order valence-electron chi connectivity index (χ2n) is 6.56. The van der Waals surface area contributed by atoms with Crippen molar-refractivity contribution in [3.8, 4) is 5.69 Å². The van der Waals surface area contributed by atoms with Crippen molar-refractivity contribution in [2.45, 2.75) is 39.3 Å². The first kappa shape index (κ1) is 18.4. The Kier molecular flexibility index (Phi) is 5.10. The Bertz CT molecular complexity index is 778. The largest absolute Gasteiger partial charge is 0.458 e. The summed E-state index contributed by atoms with van der Waals surface area (Å²) >= 11 is 0. The second-order valence-corrected chi connectivity index (χ2v) is 6.56. The van der Waals surface area contributed by atoms with Gasteiger partial charge in [0.1, 0.15) is 28.8 Å². The summed E-state index contributed by atoms with van der Waals surface area (Å²) in [6.45, 7) is 6.74. The molecule has 3 N–H and O–H groups in total. The van der Waals surface area contributed by atoms with Gasteiger partial charge in [-0.25, -0.2) is 13.9 Å². The molecule has 1 aromatic heterocycles. The number of nitrogen functional groups attached to an aromatic ring is 1. The van der Waals surface area contributed by atoms with E-state index in [1.165, 1.54) is 42.1 Å². The number of halogens is 1. The molecule has 2 rings (SSSR count). The van der Waals surface area contributed by atoms with Gasteiger partial charge in [-0.3, -0.25) is 4.79 Å².